The van der Waals surface area contributed by atoms with E-state index in [0.29, 0.717) is 6.61 Å². The highest BCUT2D eigenvalue weighted by Crippen LogP contribution is 2.60. The molecule has 2 bridgehead atoms. The summed E-state index contributed by atoms with van der Waals surface area (Å²) >= 11 is 0. The number of amides is 2. The Hall–Kier alpha value is -3.73. The predicted molar refractivity (Wildman–Crippen MR) is 121 cm³/mol. The standard InChI is InChI=1S/C27H22N2O3/c1-2-32-17-9-7-8-16(14-17)15-28-29-26(30)24-22-18-10-3-4-11-19(18)23(25(24)27(29)31)21-13-6-5-12-20(21)22/h3-15,22-25H,2H2,1H3/b28-15-/t22?,23?,24-,25-/m0/s1. The molecule has 0 unspecified atom stereocenters. The average molecular weight is 422 g/mol. The van der Waals surface area contributed by atoms with Crippen molar-refractivity contribution in [2.75, 3.05) is 6.61 Å². The summed E-state index contributed by atoms with van der Waals surface area (Å²) in [6.07, 6.45) is 1.57. The molecule has 32 heavy (non-hydrogen) atoms. The van der Waals surface area contributed by atoms with Gasteiger partial charge < -0.3 is 4.74 Å². The van der Waals surface area contributed by atoms with E-state index in [9.17, 15) is 9.59 Å². The molecule has 158 valence electrons. The molecule has 3 aliphatic carbocycles. The highest BCUT2D eigenvalue weighted by atomic mass is 16.5. The van der Waals surface area contributed by atoms with Gasteiger partial charge in [0.05, 0.1) is 24.7 Å². The van der Waals surface area contributed by atoms with Crippen molar-refractivity contribution in [1.29, 1.82) is 0 Å². The van der Waals surface area contributed by atoms with E-state index < -0.39 is 11.8 Å². The average Bonchev–Trinajstić information content (AvgIpc) is 3.08. The fourth-order valence-electron chi connectivity index (χ4n) is 5.75. The molecule has 1 heterocycles. The van der Waals surface area contributed by atoms with Crippen molar-refractivity contribution in [2.45, 2.75) is 18.8 Å². The van der Waals surface area contributed by atoms with Crippen molar-refractivity contribution in [3.05, 3.63) is 101 Å². The van der Waals surface area contributed by atoms with E-state index in [2.05, 4.69) is 29.4 Å². The van der Waals surface area contributed by atoms with E-state index in [4.69, 9.17) is 4.74 Å². The third kappa shape index (κ3) is 2.60. The summed E-state index contributed by atoms with van der Waals surface area (Å²) < 4.78 is 5.54. The number of ether oxygens (including phenoxy) is 1. The predicted octanol–water partition coefficient (Wildman–Crippen LogP) is 4.31. The van der Waals surface area contributed by atoms with Gasteiger partial charge in [-0.25, -0.2) is 0 Å². The minimum Gasteiger partial charge on any atom is -0.494 e. The van der Waals surface area contributed by atoms with Crippen LogP contribution in [0.5, 0.6) is 5.75 Å². The van der Waals surface area contributed by atoms with Crippen LogP contribution in [0.3, 0.4) is 0 Å². The van der Waals surface area contributed by atoms with Crippen molar-refractivity contribution in [3.63, 3.8) is 0 Å². The normalized spacial score (nSPS) is 25.1. The monoisotopic (exact) mass is 422 g/mol. The molecule has 0 spiro atoms. The first-order chi connectivity index (χ1) is 15.7. The summed E-state index contributed by atoms with van der Waals surface area (Å²) in [4.78, 5) is 27.0. The van der Waals surface area contributed by atoms with Crippen molar-refractivity contribution in [2.24, 2.45) is 16.9 Å². The van der Waals surface area contributed by atoms with Crippen LogP contribution in [-0.4, -0.2) is 29.6 Å². The third-order valence-corrected chi connectivity index (χ3v) is 6.92. The number of benzene rings is 3. The van der Waals surface area contributed by atoms with Crippen LogP contribution in [0, 0.1) is 11.8 Å². The Kier molecular flexibility index (Phi) is 4.25. The fourth-order valence-corrected chi connectivity index (χ4v) is 5.75. The summed E-state index contributed by atoms with van der Waals surface area (Å²) in [6.45, 7) is 2.49. The van der Waals surface area contributed by atoms with Crippen LogP contribution < -0.4 is 4.74 Å². The molecular weight excluding hydrogens is 400 g/mol. The van der Waals surface area contributed by atoms with Crippen LogP contribution in [0.2, 0.25) is 0 Å². The highest BCUT2D eigenvalue weighted by molar-refractivity contribution is 6.08. The highest BCUT2D eigenvalue weighted by Gasteiger charge is 2.61. The lowest BCUT2D eigenvalue weighted by Crippen LogP contribution is -2.41. The van der Waals surface area contributed by atoms with Gasteiger partial charge in [-0.2, -0.15) is 10.1 Å². The number of nitrogens with zero attached hydrogens (tertiary/aromatic N) is 2. The van der Waals surface area contributed by atoms with E-state index in [1.807, 2.05) is 55.5 Å². The Labute approximate surface area is 186 Å². The first kappa shape index (κ1) is 19.0. The Morgan fingerprint density at radius 3 is 1.84 bits per heavy atom. The van der Waals surface area contributed by atoms with Crippen molar-refractivity contribution in [1.82, 2.24) is 5.01 Å². The second-order valence-electron chi connectivity index (χ2n) is 8.50. The molecule has 3 aromatic rings. The van der Waals surface area contributed by atoms with Gasteiger partial charge in [0.15, 0.2) is 0 Å². The topological polar surface area (TPSA) is 59.0 Å². The minimum atomic E-state index is -0.413. The molecule has 3 aromatic carbocycles. The molecule has 7 rings (SSSR count). The van der Waals surface area contributed by atoms with Gasteiger partial charge in [-0.05, 0) is 46.9 Å². The summed E-state index contributed by atoms with van der Waals surface area (Å²) in [5.41, 5.74) is 5.42. The Morgan fingerprint density at radius 2 is 1.34 bits per heavy atom. The molecule has 2 atom stereocenters. The molecule has 4 aliphatic rings. The zero-order valence-corrected chi connectivity index (χ0v) is 17.6. The van der Waals surface area contributed by atoms with E-state index >= 15 is 0 Å². The van der Waals surface area contributed by atoms with Gasteiger partial charge in [0.1, 0.15) is 5.75 Å². The lowest BCUT2D eigenvalue weighted by molar-refractivity contribution is -0.139. The number of hydrogen-bond acceptors (Lipinski definition) is 4. The van der Waals surface area contributed by atoms with Crippen molar-refractivity contribution >= 4 is 18.0 Å². The van der Waals surface area contributed by atoms with E-state index in [1.165, 1.54) is 0 Å². The molecule has 0 saturated carbocycles. The number of hydrazone groups is 1. The molecule has 5 heteroatoms. The summed E-state index contributed by atoms with van der Waals surface area (Å²) in [6, 6.07) is 23.9. The van der Waals surface area contributed by atoms with E-state index in [-0.39, 0.29) is 23.7 Å². The van der Waals surface area contributed by atoms with Gasteiger partial charge in [-0.3, -0.25) is 9.59 Å². The molecule has 1 aliphatic heterocycles. The number of hydrogen-bond donors (Lipinski definition) is 0. The molecule has 2 amide bonds. The fraction of sp³-hybridized carbons (Fsp3) is 0.222. The van der Waals surface area contributed by atoms with Crippen LogP contribution in [0.4, 0.5) is 0 Å². The molecule has 1 saturated heterocycles. The number of rotatable bonds is 4. The summed E-state index contributed by atoms with van der Waals surface area (Å²) in [5.74, 6) is -0.750. The van der Waals surface area contributed by atoms with Gasteiger partial charge >= 0.3 is 0 Å². The van der Waals surface area contributed by atoms with Crippen LogP contribution >= 0.6 is 0 Å². The number of carbonyl (C=O) groups is 2. The molecule has 5 nitrogen and oxygen atoms in total. The van der Waals surface area contributed by atoms with Crippen molar-refractivity contribution < 1.29 is 14.3 Å². The Balaban J connectivity index is 1.40. The maximum atomic E-state index is 13.5. The first-order valence-corrected chi connectivity index (χ1v) is 11.0. The quantitative estimate of drug-likeness (QED) is 0.465. The SMILES string of the molecule is CCOc1cccc(/C=N\N2C(=O)[C@H]3C4c5ccccc5C(c5ccccc54)[C@@H]3C2=O)c1. The van der Waals surface area contributed by atoms with Crippen LogP contribution in [0.1, 0.15) is 46.6 Å². The van der Waals surface area contributed by atoms with Crippen LogP contribution in [0.25, 0.3) is 0 Å². The smallest absolute Gasteiger partial charge is 0.254 e. The van der Waals surface area contributed by atoms with Gasteiger partial charge in [0.25, 0.3) is 11.8 Å². The van der Waals surface area contributed by atoms with Crippen LogP contribution in [-0.2, 0) is 9.59 Å². The van der Waals surface area contributed by atoms with Crippen LogP contribution in [0.15, 0.2) is 77.9 Å². The molecule has 0 N–H and O–H groups in total. The maximum Gasteiger partial charge on any atom is 0.254 e. The second kappa shape index (κ2) is 7.16. The summed E-state index contributed by atoms with van der Waals surface area (Å²) in [5, 5.41) is 5.45. The zero-order chi connectivity index (χ0) is 21.8. The molecular formula is C27H22N2O3. The third-order valence-electron chi connectivity index (χ3n) is 6.92. The minimum absolute atomic E-state index is 0.115. The van der Waals surface area contributed by atoms with Gasteiger partial charge in [-0.15, -0.1) is 0 Å². The first-order valence-electron chi connectivity index (χ1n) is 11.0. The largest absolute Gasteiger partial charge is 0.494 e. The van der Waals surface area contributed by atoms with Gasteiger partial charge in [0.2, 0.25) is 0 Å². The Morgan fingerprint density at radius 1 is 0.812 bits per heavy atom. The van der Waals surface area contributed by atoms with Crippen molar-refractivity contribution in [3.8, 4) is 5.75 Å². The number of carbonyl (C=O) groups excluding carboxylic acids is 2. The summed E-state index contributed by atoms with van der Waals surface area (Å²) in [7, 11) is 0. The molecule has 1 fully saturated rings. The lowest BCUT2D eigenvalue weighted by Gasteiger charge is -2.45. The Bertz CT molecular complexity index is 1170. The van der Waals surface area contributed by atoms with Gasteiger partial charge in [-0.1, -0.05) is 60.7 Å². The maximum absolute atomic E-state index is 13.5. The zero-order valence-electron chi connectivity index (χ0n) is 17.6. The molecule has 0 radical (unpaired) electrons. The van der Waals surface area contributed by atoms with Gasteiger partial charge in [0, 0.05) is 11.8 Å². The lowest BCUT2D eigenvalue weighted by atomic mass is 9.55. The number of imide groups is 1. The van der Waals surface area contributed by atoms with E-state index in [1.54, 1.807) is 6.21 Å². The van der Waals surface area contributed by atoms with E-state index in [0.717, 1.165) is 38.6 Å². The second-order valence-corrected chi connectivity index (χ2v) is 8.50. The molecule has 0 aromatic heterocycles.